The molecule has 0 aliphatic rings. The Morgan fingerprint density at radius 1 is 1.23 bits per heavy atom. The number of amides is 1. The van der Waals surface area contributed by atoms with Crippen LogP contribution in [0.3, 0.4) is 0 Å². The maximum atomic E-state index is 13.1. The normalized spacial score (nSPS) is 11.9. The van der Waals surface area contributed by atoms with E-state index in [0.717, 1.165) is 16.8 Å². The van der Waals surface area contributed by atoms with Crippen molar-refractivity contribution in [1.82, 2.24) is 19.4 Å². The van der Waals surface area contributed by atoms with Crippen LogP contribution in [0.25, 0.3) is 0 Å². The molecule has 0 fully saturated rings. The second kappa shape index (κ2) is 8.81. The maximum absolute atomic E-state index is 13.1. The zero-order valence-corrected chi connectivity index (χ0v) is 18.9. The van der Waals surface area contributed by atoms with Gasteiger partial charge in [0, 0.05) is 24.4 Å². The van der Waals surface area contributed by atoms with E-state index >= 15 is 0 Å². The van der Waals surface area contributed by atoms with Gasteiger partial charge >= 0.3 is 0 Å². The van der Waals surface area contributed by atoms with Crippen molar-refractivity contribution in [2.45, 2.75) is 40.2 Å². The topological polar surface area (TPSA) is 120 Å². The number of aryl methyl sites for hydroxylation is 4. The molecule has 3 aromatic rings. The summed E-state index contributed by atoms with van der Waals surface area (Å²) in [6.07, 6.45) is 1.64. The van der Waals surface area contributed by atoms with Crippen LogP contribution in [0.15, 0.2) is 29.2 Å². The van der Waals surface area contributed by atoms with E-state index in [-0.39, 0.29) is 11.5 Å². The SMILES string of the molecule is Cc1ccn(NCc2c(C)nn(C)c2Cl)c(=O)c1C(C)C(=O)Nc1ccc(N)nc1C. The summed E-state index contributed by atoms with van der Waals surface area (Å²) >= 11 is 6.28. The number of nitrogens with zero attached hydrogens (tertiary/aromatic N) is 4. The Balaban J connectivity index is 1.83. The Morgan fingerprint density at radius 3 is 2.55 bits per heavy atom. The number of hydrogen-bond acceptors (Lipinski definition) is 6. The summed E-state index contributed by atoms with van der Waals surface area (Å²) in [5.74, 6) is -0.610. The van der Waals surface area contributed by atoms with Crippen LogP contribution in [-0.2, 0) is 18.4 Å². The Labute approximate surface area is 185 Å². The lowest BCUT2D eigenvalue weighted by Gasteiger charge is -2.18. The number of pyridine rings is 2. The fourth-order valence-electron chi connectivity index (χ4n) is 3.42. The first-order valence-corrected chi connectivity index (χ1v) is 10.2. The van der Waals surface area contributed by atoms with Crippen molar-refractivity contribution in [3.05, 3.63) is 68.0 Å². The van der Waals surface area contributed by atoms with Crippen molar-refractivity contribution in [2.24, 2.45) is 7.05 Å². The third kappa shape index (κ3) is 4.56. The number of nitrogens with two attached hydrogens (primary N) is 1. The highest BCUT2D eigenvalue weighted by molar-refractivity contribution is 6.30. The molecule has 0 aromatic carbocycles. The number of nitrogen functional groups attached to an aromatic ring is 1. The van der Waals surface area contributed by atoms with E-state index in [1.54, 1.807) is 50.0 Å². The number of anilines is 2. The molecule has 1 atom stereocenters. The molecule has 0 aliphatic carbocycles. The molecule has 0 spiro atoms. The van der Waals surface area contributed by atoms with Crippen LogP contribution < -0.4 is 22.0 Å². The van der Waals surface area contributed by atoms with Gasteiger partial charge in [-0.1, -0.05) is 11.6 Å². The van der Waals surface area contributed by atoms with Crippen LogP contribution in [0.1, 0.15) is 40.9 Å². The number of carbonyl (C=O) groups is 1. The molecule has 164 valence electrons. The molecule has 1 unspecified atom stereocenters. The predicted octanol–water partition coefficient (Wildman–Crippen LogP) is 2.62. The van der Waals surface area contributed by atoms with Gasteiger partial charge in [-0.2, -0.15) is 5.10 Å². The maximum Gasteiger partial charge on any atom is 0.273 e. The molecule has 0 saturated heterocycles. The van der Waals surface area contributed by atoms with E-state index in [2.05, 4.69) is 20.8 Å². The van der Waals surface area contributed by atoms with Gasteiger partial charge in [0.2, 0.25) is 5.91 Å². The van der Waals surface area contributed by atoms with Gasteiger partial charge in [-0.05, 0) is 51.5 Å². The van der Waals surface area contributed by atoms with Crippen LogP contribution >= 0.6 is 11.6 Å². The largest absolute Gasteiger partial charge is 0.384 e. The number of hydrogen-bond donors (Lipinski definition) is 3. The minimum absolute atomic E-state index is 0.299. The van der Waals surface area contributed by atoms with Gasteiger partial charge in [-0.3, -0.25) is 14.3 Å². The van der Waals surface area contributed by atoms with Crippen LogP contribution in [0.2, 0.25) is 5.15 Å². The molecule has 10 heteroatoms. The predicted molar refractivity (Wildman–Crippen MR) is 122 cm³/mol. The van der Waals surface area contributed by atoms with Gasteiger partial charge in [0.1, 0.15) is 11.0 Å². The molecule has 3 heterocycles. The fraction of sp³-hybridized carbons (Fsp3) is 0.333. The fourth-order valence-corrected chi connectivity index (χ4v) is 3.66. The van der Waals surface area contributed by atoms with Gasteiger partial charge in [-0.25, -0.2) is 9.66 Å². The summed E-state index contributed by atoms with van der Waals surface area (Å²) in [5.41, 5.74) is 12.3. The zero-order valence-electron chi connectivity index (χ0n) is 18.2. The minimum atomic E-state index is -0.678. The molecule has 0 radical (unpaired) electrons. The lowest BCUT2D eigenvalue weighted by Crippen LogP contribution is -2.34. The summed E-state index contributed by atoms with van der Waals surface area (Å²) in [6, 6.07) is 5.10. The first-order valence-electron chi connectivity index (χ1n) is 9.78. The van der Waals surface area contributed by atoms with Crippen LogP contribution in [-0.4, -0.2) is 25.3 Å². The summed E-state index contributed by atoms with van der Waals surface area (Å²) in [6.45, 7) is 7.44. The number of nitrogens with one attached hydrogen (secondary N) is 2. The van der Waals surface area contributed by atoms with E-state index < -0.39 is 5.92 Å². The van der Waals surface area contributed by atoms with Gasteiger partial charge in [0.15, 0.2) is 0 Å². The minimum Gasteiger partial charge on any atom is -0.384 e. The second-order valence-corrected chi connectivity index (χ2v) is 7.84. The lowest BCUT2D eigenvalue weighted by atomic mass is 9.97. The standard InChI is InChI=1S/C21H26ClN7O2/c1-11-8-9-29(24-10-15-13(3)27-28(5)19(15)22)21(31)18(11)12(2)20(30)26-16-6-7-17(23)25-14(16)4/h6-9,12,24H,10H2,1-5H3,(H2,23,25)(H,26,30). The molecular formula is C21H26ClN7O2. The smallest absolute Gasteiger partial charge is 0.273 e. The Morgan fingerprint density at radius 2 is 1.94 bits per heavy atom. The monoisotopic (exact) mass is 443 g/mol. The molecule has 0 aliphatic heterocycles. The molecular weight excluding hydrogens is 418 g/mol. The van der Waals surface area contributed by atoms with E-state index in [1.165, 1.54) is 4.68 Å². The van der Waals surface area contributed by atoms with Gasteiger partial charge in [-0.15, -0.1) is 0 Å². The summed E-state index contributed by atoms with van der Waals surface area (Å²) in [4.78, 5) is 30.2. The van der Waals surface area contributed by atoms with Crippen LogP contribution in [0.4, 0.5) is 11.5 Å². The highest BCUT2D eigenvalue weighted by Crippen LogP contribution is 2.21. The van der Waals surface area contributed by atoms with Crippen molar-refractivity contribution >= 4 is 29.0 Å². The van der Waals surface area contributed by atoms with Gasteiger partial charge in [0.25, 0.3) is 5.56 Å². The second-order valence-electron chi connectivity index (χ2n) is 7.48. The molecule has 1 amide bonds. The van der Waals surface area contributed by atoms with Crippen LogP contribution in [0.5, 0.6) is 0 Å². The van der Waals surface area contributed by atoms with E-state index in [9.17, 15) is 9.59 Å². The Kier molecular flexibility index (Phi) is 6.35. The first kappa shape index (κ1) is 22.4. The number of halogens is 1. The summed E-state index contributed by atoms with van der Waals surface area (Å²) in [7, 11) is 1.76. The highest BCUT2D eigenvalue weighted by atomic mass is 35.5. The molecule has 0 saturated carbocycles. The third-order valence-electron chi connectivity index (χ3n) is 5.24. The molecule has 31 heavy (non-hydrogen) atoms. The Bertz CT molecular complexity index is 1200. The first-order chi connectivity index (χ1) is 14.6. The molecule has 4 N–H and O–H groups in total. The van der Waals surface area contributed by atoms with Crippen LogP contribution in [0, 0.1) is 20.8 Å². The van der Waals surface area contributed by atoms with E-state index in [1.807, 2.05) is 13.8 Å². The number of rotatable bonds is 6. The average molecular weight is 444 g/mol. The number of aromatic nitrogens is 4. The summed E-state index contributed by atoms with van der Waals surface area (Å²) < 4.78 is 2.95. The van der Waals surface area contributed by atoms with Crippen molar-refractivity contribution in [1.29, 1.82) is 0 Å². The zero-order chi connectivity index (χ0) is 22.9. The van der Waals surface area contributed by atoms with Crippen molar-refractivity contribution in [2.75, 3.05) is 16.5 Å². The molecule has 3 aromatic heterocycles. The average Bonchev–Trinajstić information content (AvgIpc) is 2.95. The van der Waals surface area contributed by atoms with E-state index in [0.29, 0.717) is 34.5 Å². The molecule has 9 nitrogen and oxygen atoms in total. The van der Waals surface area contributed by atoms with Crippen molar-refractivity contribution in [3.8, 4) is 0 Å². The van der Waals surface area contributed by atoms with Gasteiger partial charge in [0.05, 0.1) is 29.5 Å². The van der Waals surface area contributed by atoms with Gasteiger partial charge < -0.3 is 16.5 Å². The quantitative estimate of drug-likeness (QED) is 0.538. The van der Waals surface area contributed by atoms with Crippen molar-refractivity contribution in [3.63, 3.8) is 0 Å². The third-order valence-corrected chi connectivity index (χ3v) is 5.71. The highest BCUT2D eigenvalue weighted by Gasteiger charge is 2.23. The lowest BCUT2D eigenvalue weighted by molar-refractivity contribution is -0.117. The number of carbonyl (C=O) groups excluding carboxylic acids is 1. The van der Waals surface area contributed by atoms with E-state index in [4.69, 9.17) is 17.3 Å². The Hall–Kier alpha value is -3.33. The summed E-state index contributed by atoms with van der Waals surface area (Å²) in [5, 5.41) is 7.61. The van der Waals surface area contributed by atoms with Crippen molar-refractivity contribution < 1.29 is 4.79 Å². The molecule has 0 bridgehead atoms. The molecule has 3 rings (SSSR count).